The predicted molar refractivity (Wildman–Crippen MR) is 122 cm³/mol. The minimum atomic E-state index is 0. The Kier molecular flexibility index (Phi) is 10.6. The van der Waals surface area contributed by atoms with E-state index in [0.29, 0.717) is 6.04 Å². The standard InChI is InChI=1S/C19H28N4OS.HI/c1-20-19(21-12-11-15-8-5-6-9-17(15)24-4)22-14-16(23(2)3)18-10-7-13-25-18;/h5-10,13,16H,11-12,14H2,1-4H3,(H2,20,21,22);1H. The van der Waals surface area contributed by atoms with Crippen molar-refractivity contribution in [1.29, 1.82) is 0 Å². The number of likely N-dealkylation sites (N-methyl/N-ethyl adjacent to an activating group) is 1. The lowest BCUT2D eigenvalue weighted by Crippen LogP contribution is -2.42. The molecule has 0 aliphatic heterocycles. The zero-order chi connectivity index (χ0) is 18.1. The van der Waals surface area contributed by atoms with Gasteiger partial charge in [-0.3, -0.25) is 4.99 Å². The van der Waals surface area contributed by atoms with Crippen LogP contribution in [0.5, 0.6) is 5.75 Å². The second-order valence-corrected chi connectivity index (χ2v) is 6.92. The first-order valence-corrected chi connectivity index (χ1v) is 9.30. The summed E-state index contributed by atoms with van der Waals surface area (Å²) in [6.07, 6.45) is 0.882. The van der Waals surface area contributed by atoms with Crippen LogP contribution in [0.3, 0.4) is 0 Å². The molecule has 144 valence electrons. The number of halogens is 1. The lowest BCUT2D eigenvalue weighted by molar-refractivity contribution is 0.302. The van der Waals surface area contributed by atoms with Crippen molar-refractivity contribution >= 4 is 41.3 Å². The Balaban J connectivity index is 0.00000338. The molecule has 26 heavy (non-hydrogen) atoms. The van der Waals surface area contributed by atoms with Crippen LogP contribution in [-0.2, 0) is 6.42 Å². The van der Waals surface area contributed by atoms with Gasteiger partial charge in [0.2, 0.25) is 0 Å². The van der Waals surface area contributed by atoms with Crippen LogP contribution in [0.15, 0.2) is 46.8 Å². The van der Waals surface area contributed by atoms with Gasteiger partial charge >= 0.3 is 0 Å². The van der Waals surface area contributed by atoms with E-state index in [9.17, 15) is 0 Å². The Labute approximate surface area is 177 Å². The second-order valence-electron chi connectivity index (χ2n) is 5.94. The summed E-state index contributed by atoms with van der Waals surface area (Å²) in [5.74, 6) is 1.75. The number of para-hydroxylation sites is 1. The monoisotopic (exact) mass is 488 g/mol. The van der Waals surface area contributed by atoms with Gasteiger partial charge in [0, 0.05) is 25.0 Å². The van der Waals surface area contributed by atoms with E-state index in [1.54, 1.807) is 25.5 Å². The highest BCUT2D eigenvalue weighted by Crippen LogP contribution is 2.22. The highest BCUT2D eigenvalue weighted by molar-refractivity contribution is 14.0. The second kappa shape index (κ2) is 12.1. The van der Waals surface area contributed by atoms with Crippen LogP contribution in [0.2, 0.25) is 0 Å². The largest absolute Gasteiger partial charge is 0.496 e. The number of methoxy groups -OCH3 is 1. The Bertz CT molecular complexity index is 661. The highest BCUT2D eigenvalue weighted by atomic mass is 127. The number of nitrogens with zero attached hydrogens (tertiary/aromatic N) is 2. The molecular formula is C19H29IN4OS. The van der Waals surface area contributed by atoms with E-state index >= 15 is 0 Å². The number of aliphatic imine (C=N–C) groups is 1. The number of ether oxygens (including phenoxy) is 1. The third-order valence-corrected chi connectivity index (χ3v) is 5.03. The lowest BCUT2D eigenvalue weighted by Gasteiger charge is -2.24. The fourth-order valence-corrected chi connectivity index (χ4v) is 3.58. The first-order chi connectivity index (χ1) is 12.2. The van der Waals surface area contributed by atoms with Crippen molar-refractivity contribution < 1.29 is 4.74 Å². The Hall–Kier alpha value is -1.32. The number of rotatable bonds is 8. The van der Waals surface area contributed by atoms with Gasteiger partial charge in [0.1, 0.15) is 5.75 Å². The van der Waals surface area contributed by atoms with E-state index in [1.807, 2.05) is 18.2 Å². The topological polar surface area (TPSA) is 48.9 Å². The summed E-state index contributed by atoms with van der Waals surface area (Å²) in [4.78, 5) is 7.89. The molecule has 7 heteroatoms. The van der Waals surface area contributed by atoms with E-state index in [0.717, 1.165) is 31.2 Å². The summed E-state index contributed by atoms with van der Waals surface area (Å²) in [7, 11) is 7.71. The molecule has 0 aliphatic carbocycles. The lowest BCUT2D eigenvalue weighted by atomic mass is 10.1. The van der Waals surface area contributed by atoms with Crippen molar-refractivity contribution in [3.05, 3.63) is 52.2 Å². The minimum absolute atomic E-state index is 0. The van der Waals surface area contributed by atoms with Gasteiger partial charge in [0.05, 0.1) is 13.2 Å². The van der Waals surface area contributed by atoms with E-state index < -0.39 is 0 Å². The fourth-order valence-electron chi connectivity index (χ4n) is 2.66. The van der Waals surface area contributed by atoms with Crippen molar-refractivity contribution in [2.24, 2.45) is 4.99 Å². The van der Waals surface area contributed by atoms with Crippen LogP contribution in [0.25, 0.3) is 0 Å². The molecule has 5 nitrogen and oxygen atoms in total. The molecule has 1 aromatic carbocycles. The average molecular weight is 488 g/mol. The number of hydrogen-bond donors (Lipinski definition) is 2. The van der Waals surface area contributed by atoms with Gasteiger partial charge in [-0.05, 0) is 43.6 Å². The van der Waals surface area contributed by atoms with E-state index in [-0.39, 0.29) is 24.0 Å². The summed E-state index contributed by atoms with van der Waals surface area (Å²) in [6, 6.07) is 12.7. The van der Waals surface area contributed by atoms with Crippen LogP contribution in [0.1, 0.15) is 16.5 Å². The molecule has 1 atom stereocenters. The van der Waals surface area contributed by atoms with E-state index in [4.69, 9.17) is 4.74 Å². The molecule has 2 aromatic rings. The molecule has 1 aromatic heterocycles. The summed E-state index contributed by atoms with van der Waals surface area (Å²) in [6.45, 7) is 1.60. The molecule has 1 heterocycles. The van der Waals surface area contributed by atoms with Gasteiger partial charge in [0.15, 0.2) is 5.96 Å². The molecule has 0 fully saturated rings. The van der Waals surface area contributed by atoms with Crippen LogP contribution >= 0.6 is 35.3 Å². The predicted octanol–water partition coefficient (Wildman–Crippen LogP) is 3.39. The third kappa shape index (κ3) is 6.77. The molecule has 1 unspecified atom stereocenters. The summed E-state index contributed by atoms with van der Waals surface area (Å²) in [5, 5.41) is 8.92. The van der Waals surface area contributed by atoms with Gasteiger partial charge in [-0.15, -0.1) is 35.3 Å². The van der Waals surface area contributed by atoms with Crippen molar-refractivity contribution in [3.63, 3.8) is 0 Å². The molecule has 0 saturated heterocycles. The molecule has 0 aliphatic rings. The number of hydrogen-bond acceptors (Lipinski definition) is 4. The maximum atomic E-state index is 5.40. The van der Waals surface area contributed by atoms with Gasteiger partial charge in [0.25, 0.3) is 0 Å². The molecule has 0 amide bonds. The highest BCUT2D eigenvalue weighted by Gasteiger charge is 2.15. The molecule has 0 bridgehead atoms. The van der Waals surface area contributed by atoms with Crippen molar-refractivity contribution in [1.82, 2.24) is 15.5 Å². The summed E-state index contributed by atoms with van der Waals surface area (Å²) >= 11 is 1.78. The SMILES string of the molecule is CN=C(NCCc1ccccc1OC)NCC(c1cccs1)N(C)C.I. The molecule has 2 N–H and O–H groups in total. The van der Waals surface area contributed by atoms with Crippen LogP contribution in [0, 0.1) is 0 Å². The number of thiophene rings is 1. The Morgan fingerprint density at radius 3 is 2.58 bits per heavy atom. The van der Waals surface area contributed by atoms with Crippen LogP contribution in [-0.4, -0.2) is 52.2 Å². The zero-order valence-electron chi connectivity index (χ0n) is 15.9. The maximum absolute atomic E-state index is 5.40. The van der Waals surface area contributed by atoms with Gasteiger partial charge in [-0.25, -0.2) is 0 Å². The summed E-state index contributed by atoms with van der Waals surface area (Å²) < 4.78 is 5.40. The molecule has 0 saturated carbocycles. The molecule has 0 radical (unpaired) electrons. The zero-order valence-corrected chi connectivity index (χ0v) is 19.0. The fraction of sp³-hybridized carbons (Fsp3) is 0.421. The smallest absolute Gasteiger partial charge is 0.191 e. The maximum Gasteiger partial charge on any atom is 0.191 e. The molecule has 0 spiro atoms. The molecular weight excluding hydrogens is 459 g/mol. The van der Waals surface area contributed by atoms with Crippen molar-refractivity contribution in [2.75, 3.05) is 41.3 Å². The van der Waals surface area contributed by atoms with Gasteiger partial charge in [-0.2, -0.15) is 0 Å². The van der Waals surface area contributed by atoms with Gasteiger partial charge < -0.3 is 20.3 Å². The van der Waals surface area contributed by atoms with Crippen molar-refractivity contribution in [3.8, 4) is 5.75 Å². The first-order valence-electron chi connectivity index (χ1n) is 8.42. The Morgan fingerprint density at radius 1 is 1.19 bits per heavy atom. The number of nitrogens with one attached hydrogen (secondary N) is 2. The number of guanidine groups is 1. The van der Waals surface area contributed by atoms with Crippen LogP contribution < -0.4 is 15.4 Å². The van der Waals surface area contributed by atoms with E-state index in [2.05, 4.69) is 58.2 Å². The summed E-state index contributed by atoms with van der Waals surface area (Å²) in [5.41, 5.74) is 1.19. The average Bonchev–Trinajstić information content (AvgIpc) is 3.14. The quantitative estimate of drug-likeness (QED) is 0.340. The number of benzene rings is 1. The van der Waals surface area contributed by atoms with E-state index in [1.165, 1.54) is 10.4 Å². The van der Waals surface area contributed by atoms with Gasteiger partial charge in [-0.1, -0.05) is 24.3 Å². The van der Waals surface area contributed by atoms with Crippen molar-refractivity contribution in [2.45, 2.75) is 12.5 Å². The first kappa shape index (κ1) is 22.7. The minimum Gasteiger partial charge on any atom is -0.496 e. The normalized spacial score (nSPS) is 12.4. The third-order valence-electron chi connectivity index (χ3n) is 4.06. The molecule has 2 rings (SSSR count). The Morgan fingerprint density at radius 2 is 1.96 bits per heavy atom. The van der Waals surface area contributed by atoms with Crippen LogP contribution in [0.4, 0.5) is 0 Å².